The molecule has 0 amide bonds. The lowest BCUT2D eigenvalue weighted by Crippen LogP contribution is -2.21. The van der Waals surface area contributed by atoms with Gasteiger partial charge in [0.2, 0.25) is 0 Å². The van der Waals surface area contributed by atoms with Crippen LogP contribution >= 0.6 is 0 Å². The van der Waals surface area contributed by atoms with Crippen LogP contribution in [-0.4, -0.2) is 39.3 Å². The van der Waals surface area contributed by atoms with Crippen LogP contribution in [0.15, 0.2) is 29.4 Å². The summed E-state index contributed by atoms with van der Waals surface area (Å²) in [5.41, 5.74) is 3.70. The number of aliphatic carboxylic acids is 1. The number of aliphatic imine (C=N–C) groups is 1. The van der Waals surface area contributed by atoms with Crippen LogP contribution in [0.1, 0.15) is 25.3 Å². The van der Waals surface area contributed by atoms with Gasteiger partial charge in [0.1, 0.15) is 0 Å². The highest BCUT2D eigenvalue weighted by molar-refractivity contribution is 6.10. The predicted molar refractivity (Wildman–Crippen MR) is 84.2 cm³/mol. The van der Waals surface area contributed by atoms with Gasteiger partial charge in [0.05, 0.1) is 11.7 Å². The molecule has 0 fully saturated rings. The van der Waals surface area contributed by atoms with Gasteiger partial charge in [-0.3, -0.25) is 9.67 Å². The number of carboxylic acids is 1. The van der Waals surface area contributed by atoms with Crippen LogP contribution in [0.2, 0.25) is 0 Å². The number of hydrogen-bond donors (Lipinski definition) is 1. The van der Waals surface area contributed by atoms with Crippen LogP contribution in [0.3, 0.4) is 0 Å². The molecule has 130 valence electrons. The maximum absolute atomic E-state index is 10.6. The van der Waals surface area contributed by atoms with E-state index in [1.165, 1.54) is 28.6 Å². The molecule has 0 bridgehead atoms. The number of alkyl halides is 3. The van der Waals surface area contributed by atoms with Gasteiger partial charge in [-0.25, -0.2) is 4.79 Å². The maximum Gasteiger partial charge on any atom is 0.490 e. The topological polar surface area (TPSA) is 67.5 Å². The maximum atomic E-state index is 10.6. The van der Waals surface area contributed by atoms with Crippen LogP contribution in [0.5, 0.6) is 0 Å². The minimum absolute atomic E-state index is 0.729. The van der Waals surface area contributed by atoms with Crippen molar-refractivity contribution in [2.24, 2.45) is 18.0 Å². The smallest absolute Gasteiger partial charge is 0.475 e. The Morgan fingerprint density at radius 1 is 1.38 bits per heavy atom. The van der Waals surface area contributed by atoms with E-state index >= 15 is 0 Å². The molecule has 1 aliphatic rings. The van der Waals surface area contributed by atoms with Crippen LogP contribution in [0.4, 0.5) is 13.2 Å². The molecule has 0 aliphatic carbocycles. The standard InChI is InChI=1S/C14H17N3.C2HF3O2/c1-10-6-7-13(15-8-10)11-4-3-5-14-12(11)9-16-17(14)2;3-2(4,5)1(6)7/h3-5,9-10H,6-8H2,1-2H3;(H,6,7)/t10-;/m0./s1. The average Bonchev–Trinajstić information content (AvgIpc) is 2.89. The summed E-state index contributed by atoms with van der Waals surface area (Å²) in [6.45, 7) is 3.23. The van der Waals surface area contributed by atoms with E-state index in [0.717, 1.165) is 18.9 Å². The highest BCUT2D eigenvalue weighted by atomic mass is 19.4. The minimum atomic E-state index is -5.08. The second-order valence-corrected chi connectivity index (χ2v) is 5.74. The molecule has 1 aliphatic heterocycles. The number of carbonyl (C=O) groups is 1. The minimum Gasteiger partial charge on any atom is -0.475 e. The zero-order valence-electron chi connectivity index (χ0n) is 13.3. The van der Waals surface area contributed by atoms with Crippen molar-refractivity contribution in [3.05, 3.63) is 30.0 Å². The Balaban J connectivity index is 0.000000256. The first-order valence-corrected chi connectivity index (χ1v) is 7.44. The second kappa shape index (κ2) is 7.02. The zero-order valence-corrected chi connectivity index (χ0v) is 13.3. The lowest BCUT2D eigenvalue weighted by atomic mass is 9.94. The summed E-state index contributed by atoms with van der Waals surface area (Å²) in [7, 11) is 1.98. The Labute approximate surface area is 136 Å². The third kappa shape index (κ3) is 4.12. The third-order valence-corrected chi connectivity index (χ3v) is 3.81. The van der Waals surface area contributed by atoms with Crippen molar-refractivity contribution in [1.29, 1.82) is 0 Å². The molecule has 1 atom stereocenters. The van der Waals surface area contributed by atoms with Crippen LogP contribution < -0.4 is 0 Å². The van der Waals surface area contributed by atoms with E-state index in [-0.39, 0.29) is 0 Å². The summed E-state index contributed by atoms with van der Waals surface area (Å²) in [4.78, 5) is 13.6. The number of carboxylic acid groups (broad SMARTS) is 1. The first kappa shape index (κ1) is 18.0. The highest BCUT2D eigenvalue weighted by Crippen LogP contribution is 2.24. The van der Waals surface area contributed by atoms with Crippen molar-refractivity contribution in [3.63, 3.8) is 0 Å². The van der Waals surface area contributed by atoms with Gasteiger partial charge in [0.25, 0.3) is 0 Å². The van der Waals surface area contributed by atoms with E-state index < -0.39 is 12.1 Å². The molecule has 5 nitrogen and oxygen atoms in total. The van der Waals surface area contributed by atoms with E-state index in [1.54, 1.807) is 0 Å². The molecule has 24 heavy (non-hydrogen) atoms. The quantitative estimate of drug-likeness (QED) is 0.864. The summed E-state index contributed by atoms with van der Waals surface area (Å²) in [5.74, 6) is -2.03. The Bertz CT molecular complexity index is 766. The monoisotopic (exact) mass is 341 g/mol. The normalized spacial score (nSPS) is 17.9. The van der Waals surface area contributed by atoms with Crippen molar-refractivity contribution in [1.82, 2.24) is 9.78 Å². The van der Waals surface area contributed by atoms with Gasteiger partial charge >= 0.3 is 12.1 Å². The van der Waals surface area contributed by atoms with Crippen molar-refractivity contribution in [3.8, 4) is 0 Å². The van der Waals surface area contributed by atoms with Crippen molar-refractivity contribution in [2.75, 3.05) is 6.54 Å². The Kier molecular flexibility index (Phi) is 5.26. The molecule has 8 heteroatoms. The average molecular weight is 341 g/mol. The van der Waals surface area contributed by atoms with Crippen molar-refractivity contribution >= 4 is 22.6 Å². The molecule has 0 radical (unpaired) electrons. The Morgan fingerprint density at radius 2 is 2.04 bits per heavy atom. The van der Waals surface area contributed by atoms with Crippen LogP contribution in [0, 0.1) is 5.92 Å². The molecule has 0 unspecified atom stereocenters. The lowest BCUT2D eigenvalue weighted by Gasteiger charge is -2.18. The number of rotatable bonds is 1. The van der Waals surface area contributed by atoms with E-state index in [2.05, 4.69) is 30.2 Å². The molecule has 1 aromatic heterocycles. The van der Waals surface area contributed by atoms with Crippen LogP contribution in [0.25, 0.3) is 10.9 Å². The fourth-order valence-electron chi connectivity index (χ4n) is 2.47. The molecular weight excluding hydrogens is 323 g/mol. The van der Waals surface area contributed by atoms with E-state index in [9.17, 15) is 13.2 Å². The summed E-state index contributed by atoms with van der Waals surface area (Å²) in [6, 6.07) is 6.37. The molecule has 3 rings (SSSR count). The summed E-state index contributed by atoms with van der Waals surface area (Å²) >= 11 is 0. The van der Waals surface area contributed by atoms with Gasteiger partial charge in [0.15, 0.2) is 0 Å². The first-order chi connectivity index (χ1) is 11.2. The third-order valence-electron chi connectivity index (χ3n) is 3.81. The summed E-state index contributed by atoms with van der Waals surface area (Å²) in [5, 5.41) is 12.7. The van der Waals surface area contributed by atoms with E-state index in [1.807, 2.05) is 17.9 Å². The highest BCUT2D eigenvalue weighted by Gasteiger charge is 2.38. The first-order valence-electron chi connectivity index (χ1n) is 7.44. The van der Waals surface area contributed by atoms with Gasteiger partial charge in [-0.15, -0.1) is 0 Å². The largest absolute Gasteiger partial charge is 0.490 e. The zero-order chi connectivity index (χ0) is 17.9. The molecule has 1 aromatic carbocycles. The van der Waals surface area contributed by atoms with Gasteiger partial charge in [-0.2, -0.15) is 18.3 Å². The van der Waals surface area contributed by atoms with E-state index in [0.29, 0.717) is 0 Å². The fraction of sp³-hybridized carbons (Fsp3) is 0.438. The number of aromatic nitrogens is 2. The van der Waals surface area contributed by atoms with Crippen molar-refractivity contribution < 1.29 is 23.1 Å². The second-order valence-electron chi connectivity index (χ2n) is 5.74. The molecule has 1 N–H and O–H groups in total. The van der Waals surface area contributed by atoms with E-state index in [4.69, 9.17) is 14.9 Å². The summed E-state index contributed by atoms with van der Waals surface area (Å²) in [6.07, 6.45) is -0.796. The lowest BCUT2D eigenvalue weighted by molar-refractivity contribution is -0.192. The Hall–Kier alpha value is -2.38. The number of benzene rings is 1. The predicted octanol–water partition coefficient (Wildman–Crippen LogP) is 3.43. The number of aryl methyl sites for hydroxylation is 1. The molecule has 0 spiro atoms. The SMILES string of the molecule is C[C@H]1CCC(c2cccc3c2cnn3C)=NC1.O=C(O)C(F)(F)F. The van der Waals surface area contributed by atoms with Gasteiger partial charge in [-0.05, 0) is 24.8 Å². The number of halogens is 3. The molecular formula is C16H18F3N3O2. The van der Waals surface area contributed by atoms with Gasteiger partial charge in [-0.1, -0.05) is 19.1 Å². The number of nitrogens with zero attached hydrogens (tertiary/aromatic N) is 3. The molecule has 2 heterocycles. The Morgan fingerprint density at radius 3 is 2.58 bits per heavy atom. The summed E-state index contributed by atoms with van der Waals surface area (Å²) < 4.78 is 33.7. The van der Waals surface area contributed by atoms with Crippen molar-refractivity contribution in [2.45, 2.75) is 25.9 Å². The number of fused-ring (bicyclic) bond motifs is 1. The van der Waals surface area contributed by atoms with Gasteiger partial charge in [0, 0.05) is 30.3 Å². The molecule has 0 saturated heterocycles. The molecule has 0 saturated carbocycles. The van der Waals surface area contributed by atoms with Crippen LogP contribution in [-0.2, 0) is 11.8 Å². The number of hydrogen-bond acceptors (Lipinski definition) is 3. The van der Waals surface area contributed by atoms with Gasteiger partial charge < -0.3 is 5.11 Å². The molecule has 2 aromatic rings. The fourth-order valence-corrected chi connectivity index (χ4v) is 2.47.